The first-order valence-corrected chi connectivity index (χ1v) is 9.45. The summed E-state index contributed by atoms with van der Waals surface area (Å²) in [5.74, 6) is 0.989. The Bertz CT molecular complexity index is 460. The van der Waals surface area contributed by atoms with Crippen molar-refractivity contribution in [3.63, 3.8) is 0 Å². The minimum Gasteiger partial charge on any atom is -0.352 e. The van der Waals surface area contributed by atoms with Crippen LogP contribution in [0, 0.1) is 11.3 Å². The molecule has 0 aromatic heterocycles. The molecule has 3 fully saturated rings. The number of hydrogen-bond donors (Lipinski definition) is 2. The zero-order chi connectivity index (χ0) is 16.3. The van der Waals surface area contributed by atoms with E-state index in [1.807, 2.05) is 11.8 Å². The maximum absolute atomic E-state index is 13.3. The molecule has 3 atom stereocenters. The molecular formula is C18H32ClN3O2. The zero-order valence-electron chi connectivity index (χ0n) is 14.8. The Balaban J connectivity index is 0.00000208. The van der Waals surface area contributed by atoms with Crippen molar-refractivity contribution >= 4 is 24.2 Å². The molecule has 138 valence electrons. The van der Waals surface area contributed by atoms with E-state index in [-0.39, 0.29) is 29.8 Å². The number of halogens is 1. The Morgan fingerprint density at radius 1 is 1.25 bits per heavy atom. The molecule has 0 radical (unpaired) electrons. The second-order valence-electron chi connectivity index (χ2n) is 7.64. The molecule has 1 aliphatic carbocycles. The fourth-order valence-corrected chi connectivity index (χ4v) is 4.79. The van der Waals surface area contributed by atoms with Crippen LogP contribution < -0.4 is 10.6 Å². The Morgan fingerprint density at radius 2 is 2.08 bits per heavy atom. The van der Waals surface area contributed by atoms with Crippen LogP contribution in [0.4, 0.5) is 0 Å². The number of piperidine rings is 1. The molecule has 1 unspecified atom stereocenters. The Kier molecular flexibility index (Phi) is 6.93. The summed E-state index contributed by atoms with van der Waals surface area (Å²) in [6, 6.07) is 0.138. The molecule has 0 aromatic carbocycles. The van der Waals surface area contributed by atoms with Crippen molar-refractivity contribution in [1.29, 1.82) is 0 Å². The molecule has 1 saturated carbocycles. The molecule has 3 rings (SSSR count). The average Bonchev–Trinajstić information content (AvgIpc) is 2.99. The Labute approximate surface area is 151 Å². The summed E-state index contributed by atoms with van der Waals surface area (Å²) >= 11 is 0. The molecule has 2 aliphatic heterocycles. The third-order valence-electron chi connectivity index (χ3n) is 6.01. The topological polar surface area (TPSA) is 61.4 Å². The Morgan fingerprint density at radius 3 is 2.88 bits per heavy atom. The number of carbonyl (C=O) groups is 2. The maximum atomic E-state index is 13.3. The van der Waals surface area contributed by atoms with Gasteiger partial charge in [-0.1, -0.05) is 19.8 Å². The summed E-state index contributed by atoms with van der Waals surface area (Å²) < 4.78 is 0. The average molecular weight is 358 g/mol. The Hall–Kier alpha value is -0.810. The van der Waals surface area contributed by atoms with Crippen LogP contribution >= 0.6 is 12.4 Å². The molecule has 5 nitrogen and oxygen atoms in total. The standard InChI is InChI=1S/C18H31N3O2.ClH/c1-2-6-16(22)20-15-8-5-10-21(12-15)17(23)18-9-4-3-7-14(18)11-19-13-18;/h14-15,19H,2-13H2,1H3,(H,20,22);1H/t14-,15?,18+;/m0./s1. The molecule has 0 bridgehead atoms. The molecule has 2 N–H and O–H groups in total. The summed E-state index contributed by atoms with van der Waals surface area (Å²) in [6.07, 6.45) is 8.10. The van der Waals surface area contributed by atoms with Gasteiger partial charge < -0.3 is 15.5 Å². The lowest BCUT2D eigenvalue weighted by Crippen LogP contribution is -2.56. The predicted molar refractivity (Wildman–Crippen MR) is 97.2 cm³/mol. The summed E-state index contributed by atoms with van der Waals surface area (Å²) in [4.78, 5) is 27.2. The van der Waals surface area contributed by atoms with Gasteiger partial charge in [0.05, 0.1) is 5.41 Å². The normalized spacial score (nSPS) is 32.6. The molecule has 0 spiro atoms. The lowest BCUT2D eigenvalue weighted by Gasteiger charge is -2.43. The van der Waals surface area contributed by atoms with Crippen molar-refractivity contribution in [2.24, 2.45) is 11.3 Å². The highest BCUT2D eigenvalue weighted by atomic mass is 35.5. The van der Waals surface area contributed by atoms with E-state index in [0.717, 1.165) is 45.3 Å². The van der Waals surface area contributed by atoms with Gasteiger partial charge in [0.2, 0.25) is 11.8 Å². The fraction of sp³-hybridized carbons (Fsp3) is 0.889. The highest BCUT2D eigenvalue weighted by molar-refractivity contribution is 5.85. The predicted octanol–water partition coefficient (Wildman–Crippen LogP) is 2.10. The van der Waals surface area contributed by atoms with Gasteiger partial charge in [-0.15, -0.1) is 12.4 Å². The van der Waals surface area contributed by atoms with E-state index < -0.39 is 0 Å². The van der Waals surface area contributed by atoms with E-state index in [1.54, 1.807) is 0 Å². The summed E-state index contributed by atoms with van der Waals surface area (Å²) in [7, 11) is 0. The van der Waals surface area contributed by atoms with Crippen LogP contribution in [0.25, 0.3) is 0 Å². The highest BCUT2D eigenvalue weighted by Crippen LogP contribution is 2.45. The van der Waals surface area contributed by atoms with Gasteiger partial charge in [0.1, 0.15) is 0 Å². The number of likely N-dealkylation sites (tertiary alicyclic amines) is 1. The van der Waals surface area contributed by atoms with E-state index in [9.17, 15) is 9.59 Å². The van der Waals surface area contributed by atoms with Gasteiger partial charge in [-0.25, -0.2) is 0 Å². The van der Waals surface area contributed by atoms with Gasteiger partial charge in [0.25, 0.3) is 0 Å². The van der Waals surface area contributed by atoms with E-state index in [2.05, 4.69) is 10.6 Å². The first kappa shape index (κ1) is 19.5. The molecule has 2 heterocycles. The molecular weight excluding hydrogens is 326 g/mol. The van der Waals surface area contributed by atoms with Crippen LogP contribution in [0.3, 0.4) is 0 Å². The van der Waals surface area contributed by atoms with Crippen LogP contribution in [0.5, 0.6) is 0 Å². The van der Waals surface area contributed by atoms with Crippen LogP contribution in [0.1, 0.15) is 58.3 Å². The molecule has 2 saturated heterocycles. The number of nitrogens with zero attached hydrogens (tertiary/aromatic N) is 1. The molecule has 2 amide bonds. The number of hydrogen-bond acceptors (Lipinski definition) is 3. The monoisotopic (exact) mass is 357 g/mol. The third-order valence-corrected chi connectivity index (χ3v) is 6.01. The van der Waals surface area contributed by atoms with Crippen molar-refractivity contribution in [2.75, 3.05) is 26.2 Å². The second-order valence-corrected chi connectivity index (χ2v) is 7.64. The molecule has 3 aliphatic rings. The van der Waals surface area contributed by atoms with Gasteiger partial charge >= 0.3 is 0 Å². The minimum absolute atomic E-state index is 0. The summed E-state index contributed by atoms with van der Waals surface area (Å²) in [5, 5.41) is 6.58. The van der Waals surface area contributed by atoms with Crippen molar-refractivity contribution < 1.29 is 9.59 Å². The van der Waals surface area contributed by atoms with Gasteiger partial charge in [-0.3, -0.25) is 9.59 Å². The summed E-state index contributed by atoms with van der Waals surface area (Å²) in [5.41, 5.74) is -0.159. The van der Waals surface area contributed by atoms with E-state index in [4.69, 9.17) is 0 Å². The summed E-state index contributed by atoms with van der Waals surface area (Å²) in [6.45, 7) is 5.41. The lowest BCUT2D eigenvalue weighted by molar-refractivity contribution is -0.147. The number of amides is 2. The van der Waals surface area contributed by atoms with Gasteiger partial charge in [-0.2, -0.15) is 0 Å². The van der Waals surface area contributed by atoms with Crippen LogP contribution in [0.2, 0.25) is 0 Å². The van der Waals surface area contributed by atoms with E-state index >= 15 is 0 Å². The van der Waals surface area contributed by atoms with Gasteiger partial charge in [-0.05, 0) is 44.6 Å². The quantitative estimate of drug-likeness (QED) is 0.810. The SMILES string of the molecule is CCCC(=O)NC1CCCN(C(=O)[C@@]23CCCC[C@H]2CNC3)C1.Cl. The number of carbonyl (C=O) groups excluding carboxylic acids is 2. The highest BCUT2D eigenvalue weighted by Gasteiger charge is 2.51. The lowest BCUT2D eigenvalue weighted by atomic mass is 9.67. The number of nitrogens with one attached hydrogen (secondary N) is 2. The van der Waals surface area contributed by atoms with Gasteiger partial charge in [0, 0.05) is 32.1 Å². The van der Waals surface area contributed by atoms with Crippen LogP contribution in [-0.2, 0) is 9.59 Å². The largest absolute Gasteiger partial charge is 0.352 e. The van der Waals surface area contributed by atoms with Crippen molar-refractivity contribution in [2.45, 2.75) is 64.3 Å². The van der Waals surface area contributed by atoms with E-state index in [0.29, 0.717) is 24.8 Å². The minimum atomic E-state index is -0.159. The first-order valence-electron chi connectivity index (χ1n) is 9.45. The molecule has 6 heteroatoms. The first-order chi connectivity index (χ1) is 11.2. The maximum Gasteiger partial charge on any atom is 0.230 e. The fourth-order valence-electron chi connectivity index (χ4n) is 4.79. The van der Waals surface area contributed by atoms with Crippen molar-refractivity contribution in [1.82, 2.24) is 15.5 Å². The molecule has 24 heavy (non-hydrogen) atoms. The van der Waals surface area contributed by atoms with Crippen LogP contribution in [-0.4, -0.2) is 48.9 Å². The second kappa shape index (κ2) is 8.52. The van der Waals surface area contributed by atoms with E-state index in [1.165, 1.54) is 19.3 Å². The third kappa shape index (κ3) is 3.88. The van der Waals surface area contributed by atoms with Gasteiger partial charge in [0.15, 0.2) is 0 Å². The van der Waals surface area contributed by atoms with Crippen molar-refractivity contribution in [3.8, 4) is 0 Å². The molecule has 0 aromatic rings. The zero-order valence-corrected chi connectivity index (χ0v) is 15.6. The smallest absolute Gasteiger partial charge is 0.230 e. The van der Waals surface area contributed by atoms with Crippen molar-refractivity contribution in [3.05, 3.63) is 0 Å². The number of fused-ring (bicyclic) bond motifs is 1. The number of rotatable bonds is 4. The van der Waals surface area contributed by atoms with Crippen LogP contribution in [0.15, 0.2) is 0 Å².